The Morgan fingerprint density at radius 1 is 1.64 bits per heavy atom. The summed E-state index contributed by atoms with van der Waals surface area (Å²) < 4.78 is 4.80. The highest BCUT2D eigenvalue weighted by molar-refractivity contribution is 14.0. The number of rotatable bonds is 1. The van der Waals surface area contributed by atoms with Crippen molar-refractivity contribution in [1.29, 1.82) is 0 Å². The van der Waals surface area contributed by atoms with Crippen LogP contribution in [0.5, 0.6) is 0 Å². The van der Waals surface area contributed by atoms with Crippen LogP contribution in [-0.4, -0.2) is 17.3 Å². The molecule has 78 valence electrons. The molecule has 0 aliphatic carbocycles. The van der Waals surface area contributed by atoms with Crippen molar-refractivity contribution in [1.82, 2.24) is 4.98 Å². The lowest BCUT2D eigenvalue weighted by atomic mass is 10.3. The predicted molar refractivity (Wildman–Crippen MR) is 70.7 cm³/mol. The van der Waals surface area contributed by atoms with E-state index in [0.717, 1.165) is 5.56 Å². The number of pyridine rings is 1. The van der Waals surface area contributed by atoms with Crippen molar-refractivity contribution in [3.63, 3.8) is 0 Å². The monoisotopic (exact) mass is 325 g/mol. The normalized spacial score (nSPS) is 8.79. The number of aromatic nitrogens is 1. The van der Waals surface area contributed by atoms with Crippen LogP contribution in [0.25, 0.3) is 0 Å². The van der Waals surface area contributed by atoms with Gasteiger partial charge in [0.05, 0.1) is 7.11 Å². The van der Waals surface area contributed by atoms with Crippen LogP contribution in [0, 0.1) is 6.92 Å². The molecule has 0 spiro atoms. The molecular formula is C8H12IN3OS. The van der Waals surface area contributed by atoms with Gasteiger partial charge in [-0.05, 0) is 36.8 Å². The first-order valence-corrected chi connectivity index (χ1v) is 4.11. The van der Waals surface area contributed by atoms with Crippen LogP contribution in [0.2, 0.25) is 0 Å². The largest absolute Gasteiger partial charge is 0.473 e. The highest BCUT2D eigenvalue weighted by Gasteiger charge is 2.08. The van der Waals surface area contributed by atoms with Crippen LogP contribution in [0.3, 0.4) is 0 Å². The molecular weight excluding hydrogens is 313 g/mol. The number of hydrogen-bond acceptors (Lipinski definition) is 4. The van der Waals surface area contributed by atoms with E-state index in [1.54, 1.807) is 6.20 Å². The molecule has 0 fully saturated rings. The van der Waals surface area contributed by atoms with Gasteiger partial charge in [0, 0.05) is 6.20 Å². The molecule has 1 aromatic rings. The standard InChI is InChI=1S/C8H11N3OS.HI/c1-6-3-4-10-7(5-6)11(9)8(13)12-2;/h3-5H,9H2,1-2H3;1H. The van der Waals surface area contributed by atoms with Crippen molar-refractivity contribution in [3.05, 3.63) is 23.9 Å². The summed E-state index contributed by atoms with van der Waals surface area (Å²) in [6, 6.07) is 3.71. The molecule has 0 unspecified atom stereocenters. The molecule has 0 atom stereocenters. The fraction of sp³-hybridized carbons (Fsp3) is 0.250. The van der Waals surface area contributed by atoms with Crippen LogP contribution in [0.1, 0.15) is 5.56 Å². The van der Waals surface area contributed by atoms with Crippen molar-refractivity contribution in [2.75, 3.05) is 12.1 Å². The first-order chi connectivity index (χ1) is 6.15. The Kier molecular flexibility index (Phi) is 5.89. The minimum atomic E-state index is 0. The van der Waals surface area contributed by atoms with E-state index in [-0.39, 0.29) is 29.2 Å². The molecule has 0 aromatic carbocycles. The van der Waals surface area contributed by atoms with Gasteiger partial charge in [-0.25, -0.2) is 15.8 Å². The summed E-state index contributed by atoms with van der Waals surface area (Å²) in [6.07, 6.45) is 1.67. The fourth-order valence-corrected chi connectivity index (χ4v) is 0.937. The molecule has 2 N–H and O–H groups in total. The Labute approximate surface area is 105 Å². The summed E-state index contributed by atoms with van der Waals surface area (Å²) >= 11 is 4.84. The van der Waals surface area contributed by atoms with E-state index in [4.69, 9.17) is 22.8 Å². The van der Waals surface area contributed by atoms with Gasteiger partial charge in [-0.1, -0.05) is 0 Å². The number of thiocarbonyl (C=S) groups is 1. The third-order valence-corrected chi connectivity index (χ3v) is 1.88. The van der Waals surface area contributed by atoms with Crippen LogP contribution in [0.4, 0.5) is 5.82 Å². The van der Waals surface area contributed by atoms with Gasteiger partial charge < -0.3 is 4.74 Å². The number of hydrazine groups is 1. The zero-order chi connectivity index (χ0) is 9.84. The van der Waals surface area contributed by atoms with Crippen molar-refractivity contribution in [2.24, 2.45) is 5.84 Å². The average molecular weight is 325 g/mol. The summed E-state index contributed by atoms with van der Waals surface area (Å²) in [5, 5.41) is 1.42. The number of hydrogen-bond donors (Lipinski definition) is 1. The lowest BCUT2D eigenvalue weighted by Crippen LogP contribution is -2.37. The highest BCUT2D eigenvalue weighted by atomic mass is 127. The van der Waals surface area contributed by atoms with Gasteiger partial charge in [-0.15, -0.1) is 24.0 Å². The lowest BCUT2D eigenvalue weighted by molar-refractivity contribution is 0.403. The lowest BCUT2D eigenvalue weighted by Gasteiger charge is -2.16. The molecule has 1 rings (SSSR count). The van der Waals surface area contributed by atoms with Crippen LogP contribution in [0.15, 0.2) is 18.3 Å². The summed E-state index contributed by atoms with van der Waals surface area (Å²) in [6.45, 7) is 1.95. The van der Waals surface area contributed by atoms with Gasteiger partial charge in [-0.2, -0.15) is 0 Å². The van der Waals surface area contributed by atoms with E-state index in [1.165, 1.54) is 12.1 Å². The molecule has 0 aliphatic heterocycles. The van der Waals surface area contributed by atoms with Gasteiger partial charge in [0.2, 0.25) is 0 Å². The molecule has 1 aromatic heterocycles. The van der Waals surface area contributed by atoms with Gasteiger partial charge in [0.15, 0.2) is 5.82 Å². The quantitative estimate of drug-likeness (QED) is 0.368. The molecule has 0 bridgehead atoms. The second kappa shape index (κ2) is 6.10. The number of nitrogens with two attached hydrogens (primary N) is 1. The molecule has 6 heteroatoms. The van der Waals surface area contributed by atoms with Crippen LogP contribution >= 0.6 is 36.2 Å². The zero-order valence-electron chi connectivity index (χ0n) is 7.93. The van der Waals surface area contributed by atoms with E-state index < -0.39 is 0 Å². The van der Waals surface area contributed by atoms with Crippen LogP contribution in [-0.2, 0) is 4.74 Å². The van der Waals surface area contributed by atoms with E-state index in [0.29, 0.717) is 5.82 Å². The van der Waals surface area contributed by atoms with Gasteiger partial charge in [0.25, 0.3) is 5.17 Å². The number of methoxy groups -OCH3 is 1. The van der Waals surface area contributed by atoms with Gasteiger partial charge in [-0.3, -0.25) is 0 Å². The molecule has 14 heavy (non-hydrogen) atoms. The van der Waals surface area contributed by atoms with E-state index >= 15 is 0 Å². The molecule has 0 saturated carbocycles. The summed E-state index contributed by atoms with van der Waals surface area (Å²) in [7, 11) is 1.47. The van der Waals surface area contributed by atoms with Crippen LogP contribution < -0.4 is 10.9 Å². The molecule has 0 radical (unpaired) electrons. The molecule has 0 amide bonds. The predicted octanol–water partition coefficient (Wildman–Crippen LogP) is 1.62. The minimum absolute atomic E-state index is 0. The SMILES string of the molecule is COC(=S)N(N)c1cc(C)ccn1.I. The van der Waals surface area contributed by atoms with Crippen molar-refractivity contribution < 1.29 is 4.74 Å². The molecule has 4 nitrogen and oxygen atoms in total. The first kappa shape index (κ1) is 13.5. The highest BCUT2D eigenvalue weighted by Crippen LogP contribution is 2.09. The molecule has 1 heterocycles. The Morgan fingerprint density at radius 2 is 2.29 bits per heavy atom. The zero-order valence-corrected chi connectivity index (χ0v) is 11.1. The Balaban J connectivity index is 0.00000169. The Hall–Kier alpha value is -0.470. The second-order valence-electron chi connectivity index (χ2n) is 2.53. The molecule has 0 saturated heterocycles. The Bertz CT molecular complexity index is 321. The van der Waals surface area contributed by atoms with Crippen molar-refractivity contribution >= 4 is 47.2 Å². The maximum Gasteiger partial charge on any atom is 0.279 e. The van der Waals surface area contributed by atoms with E-state index in [2.05, 4.69) is 4.98 Å². The maximum atomic E-state index is 5.62. The van der Waals surface area contributed by atoms with E-state index in [1.807, 2.05) is 19.1 Å². The number of ether oxygens (including phenoxy) is 1. The fourth-order valence-electron chi connectivity index (χ4n) is 0.844. The summed E-state index contributed by atoms with van der Waals surface area (Å²) in [5.74, 6) is 6.20. The summed E-state index contributed by atoms with van der Waals surface area (Å²) in [4.78, 5) is 4.04. The second-order valence-corrected chi connectivity index (χ2v) is 2.88. The number of nitrogens with zero attached hydrogens (tertiary/aromatic N) is 2. The minimum Gasteiger partial charge on any atom is -0.473 e. The topological polar surface area (TPSA) is 51.4 Å². The van der Waals surface area contributed by atoms with E-state index in [9.17, 15) is 0 Å². The maximum absolute atomic E-state index is 5.62. The number of aryl methyl sites for hydroxylation is 1. The van der Waals surface area contributed by atoms with Gasteiger partial charge >= 0.3 is 0 Å². The Morgan fingerprint density at radius 3 is 2.79 bits per heavy atom. The third-order valence-electron chi connectivity index (χ3n) is 1.52. The third kappa shape index (κ3) is 3.35. The number of halogens is 1. The smallest absolute Gasteiger partial charge is 0.279 e. The average Bonchev–Trinajstić information content (AvgIpc) is 2.15. The first-order valence-electron chi connectivity index (χ1n) is 3.70. The molecule has 0 aliphatic rings. The van der Waals surface area contributed by atoms with Crippen molar-refractivity contribution in [2.45, 2.75) is 6.92 Å². The van der Waals surface area contributed by atoms with Gasteiger partial charge in [0.1, 0.15) is 0 Å². The number of anilines is 1. The van der Waals surface area contributed by atoms with Crippen molar-refractivity contribution in [3.8, 4) is 0 Å². The summed E-state index contributed by atoms with van der Waals surface area (Å²) in [5.41, 5.74) is 1.07.